The van der Waals surface area contributed by atoms with Gasteiger partial charge in [-0.2, -0.15) is 0 Å². The number of rotatable bonds is 6. The Bertz CT molecular complexity index is 625. The van der Waals surface area contributed by atoms with Crippen LogP contribution < -0.4 is 5.73 Å². The molecule has 3 rings (SSSR count). The highest BCUT2D eigenvalue weighted by molar-refractivity contribution is 5.28. The average molecular weight is 337 g/mol. The molecule has 2 aromatic rings. The van der Waals surface area contributed by atoms with Crippen LogP contribution >= 0.6 is 0 Å². The lowest BCUT2D eigenvalue weighted by Crippen LogP contribution is -2.36. The van der Waals surface area contributed by atoms with Crippen LogP contribution in [-0.2, 0) is 6.54 Å². The lowest BCUT2D eigenvalue weighted by Gasteiger charge is -2.36. The van der Waals surface area contributed by atoms with Gasteiger partial charge in [0.1, 0.15) is 0 Å². The van der Waals surface area contributed by atoms with Crippen LogP contribution in [0.15, 0.2) is 54.6 Å². The van der Waals surface area contributed by atoms with Crippen molar-refractivity contribution in [3.05, 3.63) is 71.3 Å². The van der Waals surface area contributed by atoms with E-state index in [4.69, 9.17) is 5.73 Å². The molecule has 1 atom stereocenters. The SMILES string of the molecule is CC(C)c1ccc(C(CN)C2CCN(Cc3ccccc3)CC2)cc1. The highest BCUT2D eigenvalue weighted by Gasteiger charge is 2.26. The van der Waals surface area contributed by atoms with E-state index in [0.29, 0.717) is 17.8 Å². The summed E-state index contributed by atoms with van der Waals surface area (Å²) in [6.45, 7) is 8.68. The Labute approximate surface area is 153 Å². The molecule has 0 saturated carbocycles. The van der Waals surface area contributed by atoms with Crippen molar-refractivity contribution in [1.29, 1.82) is 0 Å². The summed E-state index contributed by atoms with van der Waals surface area (Å²) in [6, 6.07) is 20.0. The molecule has 2 nitrogen and oxygen atoms in total. The summed E-state index contributed by atoms with van der Waals surface area (Å²) in [5, 5.41) is 0. The molecule has 2 aromatic carbocycles. The van der Waals surface area contributed by atoms with Gasteiger partial charge in [-0.3, -0.25) is 4.90 Å². The van der Waals surface area contributed by atoms with Gasteiger partial charge >= 0.3 is 0 Å². The van der Waals surface area contributed by atoms with Gasteiger partial charge in [0.2, 0.25) is 0 Å². The fourth-order valence-electron chi connectivity index (χ4n) is 4.08. The van der Waals surface area contributed by atoms with Crippen molar-refractivity contribution in [3.63, 3.8) is 0 Å². The Kier molecular flexibility index (Phi) is 6.28. The number of piperidine rings is 1. The summed E-state index contributed by atoms with van der Waals surface area (Å²) in [6.07, 6.45) is 2.50. The predicted molar refractivity (Wildman–Crippen MR) is 107 cm³/mol. The second-order valence-corrected chi connectivity index (χ2v) is 7.76. The summed E-state index contributed by atoms with van der Waals surface area (Å²) in [7, 11) is 0. The first-order chi connectivity index (χ1) is 12.2. The standard InChI is InChI=1S/C23H32N2/c1-18(2)20-8-10-21(11-9-20)23(16-24)22-12-14-25(15-13-22)17-19-6-4-3-5-7-19/h3-11,18,22-23H,12-17,24H2,1-2H3. The smallest absolute Gasteiger partial charge is 0.0233 e. The van der Waals surface area contributed by atoms with Gasteiger partial charge in [-0.15, -0.1) is 0 Å². The molecule has 0 bridgehead atoms. The normalized spacial score (nSPS) is 17.8. The van der Waals surface area contributed by atoms with Gasteiger partial charge in [0.15, 0.2) is 0 Å². The molecular formula is C23H32N2. The molecule has 0 radical (unpaired) electrons. The maximum Gasteiger partial charge on any atom is 0.0233 e. The monoisotopic (exact) mass is 336 g/mol. The third-order valence-electron chi connectivity index (χ3n) is 5.74. The van der Waals surface area contributed by atoms with E-state index in [-0.39, 0.29) is 0 Å². The average Bonchev–Trinajstić information content (AvgIpc) is 2.65. The third-order valence-corrected chi connectivity index (χ3v) is 5.74. The van der Waals surface area contributed by atoms with Crippen molar-refractivity contribution in [2.45, 2.75) is 45.1 Å². The van der Waals surface area contributed by atoms with E-state index in [1.165, 1.54) is 42.6 Å². The predicted octanol–water partition coefficient (Wildman–Crippen LogP) is 4.76. The topological polar surface area (TPSA) is 29.3 Å². The van der Waals surface area contributed by atoms with E-state index in [0.717, 1.165) is 13.1 Å². The van der Waals surface area contributed by atoms with Gasteiger partial charge in [0, 0.05) is 6.54 Å². The van der Waals surface area contributed by atoms with Crippen molar-refractivity contribution < 1.29 is 0 Å². The fraction of sp³-hybridized carbons (Fsp3) is 0.478. The van der Waals surface area contributed by atoms with E-state index in [1.807, 2.05) is 0 Å². The van der Waals surface area contributed by atoms with Crippen LogP contribution in [0.4, 0.5) is 0 Å². The molecule has 2 heteroatoms. The molecule has 1 saturated heterocycles. The van der Waals surface area contributed by atoms with E-state index in [2.05, 4.69) is 73.3 Å². The van der Waals surface area contributed by atoms with Gasteiger partial charge in [-0.1, -0.05) is 68.4 Å². The number of hydrogen-bond acceptors (Lipinski definition) is 2. The Morgan fingerprint density at radius 2 is 1.52 bits per heavy atom. The van der Waals surface area contributed by atoms with Crippen LogP contribution in [0.2, 0.25) is 0 Å². The number of hydrogen-bond donors (Lipinski definition) is 1. The highest BCUT2D eigenvalue weighted by Crippen LogP contribution is 2.33. The van der Waals surface area contributed by atoms with Crippen molar-refractivity contribution in [2.75, 3.05) is 19.6 Å². The maximum atomic E-state index is 6.18. The number of benzene rings is 2. The van der Waals surface area contributed by atoms with Crippen molar-refractivity contribution >= 4 is 0 Å². The molecule has 2 N–H and O–H groups in total. The quantitative estimate of drug-likeness (QED) is 0.824. The van der Waals surface area contributed by atoms with E-state index < -0.39 is 0 Å². The molecule has 0 amide bonds. The summed E-state index contributed by atoms with van der Waals surface area (Å²) in [4.78, 5) is 2.58. The molecule has 1 fully saturated rings. The minimum Gasteiger partial charge on any atom is -0.330 e. The number of nitrogens with zero attached hydrogens (tertiary/aromatic N) is 1. The van der Waals surface area contributed by atoms with Crippen LogP contribution in [0, 0.1) is 5.92 Å². The van der Waals surface area contributed by atoms with Gasteiger partial charge in [0.05, 0.1) is 0 Å². The Balaban J connectivity index is 1.58. The zero-order valence-corrected chi connectivity index (χ0v) is 15.7. The first kappa shape index (κ1) is 18.2. The zero-order valence-electron chi connectivity index (χ0n) is 15.7. The maximum absolute atomic E-state index is 6.18. The lowest BCUT2D eigenvalue weighted by molar-refractivity contribution is 0.163. The first-order valence-electron chi connectivity index (χ1n) is 9.73. The van der Waals surface area contributed by atoms with Crippen molar-refractivity contribution in [2.24, 2.45) is 11.7 Å². The van der Waals surface area contributed by atoms with Gasteiger partial charge in [0.25, 0.3) is 0 Å². The largest absolute Gasteiger partial charge is 0.330 e. The van der Waals surface area contributed by atoms with Crippen LogP contribution in [0.1, 0.15) is 55.2 Å². The molecule has 1 aliphatic rings. The molecule has 134 valence electrons. The lowest BCUT2D eigenvalue weighted by atomic mass is 9.79. The molecule has 0 spiro atoms. The molecule has 0 aromatic heterocycles. The first-order valence-corrected chi connectivity index (χ1v) is 9.73. The van der Waals surface area contributed by atoms with Gasteiger partial charge < -0.3 is 5.73 Å². The summed E-state index contributed by atoms with van der Waals surface area (Å²) < 4.78 is 0. The molecular weight excluding hydrogens is 304 g/mol. The van der Waals surface area contributed by atoms with Crippen LogP contribution in [0.25, 0.3) is 0 Å². The fourth-order valence-corrected chi connectivity index (χ4v) is 4.08. The summed E-state index contributed by atoms with van der Waals surface area (Å²) in [5.74, 6) is 1.80. The molecule has 1 aliphatic heterocycles. The van der Waals surface area contributed by atoms with Crippen LogP contribution in [-0.4, -0.2) is 24.5 Å². The number of nitrogens with two attached hydrogens (primary N) is 1. The number of likely N-dealkylation sites (tertiary alicyclic amines) is 1. The van der Waals surface area contributed by atoms with Crippen molar-refractivity contribution in [1.82, 2.24) is 4.90 Å². The van der Waals surface area contributed by atoms with Gasteiger partial charge in [-0.05, 0) is 66.9 Å². The minimum atomic E-state index is 0.500. The van der Waals surface area contributed by atoms with Crippen molar-refractivity contribution in [3.8, 4) is 0 Å². The summed E-state index contributed by atoms with van der Waals surface area (Å²) >= 11 is 0. The third kappa shape index (κ3) is 4.71. The zero-order chi connectivity index (χ0) is 17.6. The Hall–Kier alpha value is -1.64. The molecule has 0 aliphatic carbocycles. The van der Waals surface area contributed by atoms with E-state index >= 15 is 0 Å². The highest BCUT2D eigenvalue weighted by atomic mass is 15.1. The molecule has 1 heterocycles. The summed E-state index contributed by atoms with van der Waals surface area (Å²) in [5.41, 5.74) is 10.4. The Morgan fingerprint density at radius 3 is 2.08 bits per heavy atom. The molecule has 1 unspecified atom stereocenters. The second kappa shape index (κ2) is 8.64. The Morgan fingerprint density at radius 1 is 0.920 bits per heavy atom. The van der Waals surface area contributed by atoms with Crippen LogP contribution in [0.3, 0.4) is 0 Å². The molecule has 25 heavy (non-hydrogen) atoms. The van der Waals surface area contributed by atoms with Gasteiger partial charge in [-0.25, -0.2) is 0 Å². The van der Waals surface area contributed by atoms with E-state index in [1.54, 1.807) is 0 Å². The minimum absolute atomic E-state index is 0.500. The van der Waals surface area contributed by atoms with Crippen LogP contribution in [0.5, 0.6) is 0 Å². The second-order valence-electron chi connectivity index (χ2n) is 7.76. The van der Waals surface area contributed by atoms with E-state index in [9.17, 15) is 0 Å².